The number of non-ortho nitro benzene ring substituents is 1. The Labute approximate surface area is 136 Å². The molecule has 0 amide bonds. The zero-order valence-corrected chi connectivity index (χ0v) is 12.5. The second kappa shape index (κ2) is 6.20. The quantitative estimate of drug-likeness (QED) is 0.575. The Morgan fingerprint density at radius 1 is 1.22 bits per heavy atom. The van der Waals surface area contributed by atoms with Crippen LogP contribution in [-0.2, 0) is 6.61 Å². The Hall–Kier alpha value is -2.70. The normalized spacial score (nSPS) is 10.7. The highest BCUT2D eigenvalue weighted by Crippen LogP contribution is 2.36. The molecule has 3 aromatic rings. The first-order valence-electron chi connectivity index (χ1n) is 6.71. The van der Waals surface area contributed by atoms with E-state index in [1.165, 1.54) is 12.1 Å². The van der Waals surface area contributed by atoms with Gasteiger partial charge >= 0.3 is 0 Å². The number of aliphatic hydroxyl groups excluding tert-OH is 1. The van der Waals surface area contributed by atoms with Crippen molar-refractivity contribution in [2.24, 2.45) is 0 Å². The van der Waals surface area contributed by atoms with Crippen LogP contribution >= 0.6 is 11.6 Å². The molecule has 3 rings (SSSR count). The third-order valence-electron chi connectivity index (χ3n) is 3.40. The van der Waals surface area contributed by atoms with Gasteiger partial charge in [-0.25, -0.2) is 0 Å². The monoisotopic (exact) mass is 330 g/mol. The summed E-state index contributed by atoms with van der Waals surface area (Å²) < 4.78 is 5.34. The van der Waals surface area contributed by atoms with E-state index >= 15 is 0 Å². The molecule has 6 nitrogen and oxygen atoms in total. The van der Waals surface area contributed by atoms with Crippen LogP contribution in [-0.4, -0.2) is 15.2 Å². The van der Waals surface area contributed by atoms with E-state index in [0.717, 1.165) is 0 Å². The zero-order valence-electron chi connectivity index (χ0n) is 11.8. The number of hydrogen-bond acceptors (Lipinski definition) is 5. The molecule has 0 bridgehead atoms. The summed E-state index contributed by atoms with van der Waals surface area (Å²) in [4.78, 5) is 10.4. The Bertz CT molecular complexity index is 876. The molecule has 0 fully saturated rings. The molecule has 0 saturated heterocycles. The van der Waals surface area contributed by atoms with E-state index in [-0.39, 0.29) is 12.3 Å². The predicted molar refractivity (Wildman–Crippen MR) is 85.0 cm³/mol. The van der Waals surface area contributed by atoms with Gasteiger partial charge in [-0.1, -0.05) is 41.0 Å². The minimum absolute atomic E-state index is 0.0614. The number of aliphatic hydroxyl groups is 1. The van der Waals surface area contributed by atoms with E-state index in [2.05, 4.69) is 5.16 Å². The molecular formula is C16H11ClN2O4. The summed E-state index contributed by atoms with van der Waals surface area (Å²) in [6, 6.07) is 13.0. The number of halogens is 1. The molecule has 0 saturated carbocycles. The first kappa shape index (κ1) is 15.2. The van der Waals surface area contributed by atoms with E-state index in [1.807, 2.05) is 0 Å². The Morgan fingerprint density at radius 2 is 2.00 bits per heavy atom. The van der Waals surface area contributed by atoms with Crippen LogP contribution in [0.15, 0.2) is 53.1 Å². The number of aromatic nitrogens is 1. The van der Waals surface area contributed by atoms with Crippen LogP contribution in [0.2, 0.25) is 5.02 Å². The molecule has 0 aliphatic carbocycles. The minimum Gasteiger partial charge on any atom is -0.391 e. The lowest BCUT2D eigenvalue weighted by atomic mass is 10.0. The third kappa shape index (κ3) is 2.81. The molecule has 0 unspecified atom stereocenters. The van der Waals surface area contributed by atoms with Gasteiger partial charge in [-0.15, -0.1) is 0 Å². The molecule has 0 radical (unpaired) electrons. The Morgan fingerprint density at radius 3 is 2.70 bits per heavy atom. The average Bonchev–Trinajstić information content (AvgIpc) is 2.99. The van der Waals surface area contributed by atoms with Gasteiger partial charge in [-0.3, -0.25) is 10.1 Å². The van der Waals surface area contributed by atoms with Gasteiger partial charge in [0, 0.05) is 23.3 Å². The molecule has 1 N–H and O–H groups in total. The predicted octanol–water partition coefficient (Wildman–Crippen LogP) is 4.06. The van der Waals surface area contributed by atoms with E-state index in [9.17, 15) is 15.2 Å². The van der Waals surface area contributed by atoms with Gasteiger partial charge in [-0.2, -0.15) is 0 Å². The number of nitrogens with zero attached hydrogens (tertiary/aromatic N) is 2. The summed E-state index contributed by atoms with van der Waals surface area (Å²) in [6.45, 7) is -0.331. The molecule has 0 aliphatic heterocycles. The second-order valence-electron chi connectivity index (χ2n) is 4.78. The number of nitro groups is 1. The summed E-state index contributed by atoms with van der Waals surface area (Å²) in [7, 11) is 0. The fourth-order valence-electron chi connectivity index (χ4n) is 2.31. The highest BCUT2D eigenvalue weighted by Gasteiger charge is 2.21. The third-order valence-corrected chi connectivity index (χ3v) is 3.72. The molecule has 2 aromatic carbocycles. The first-order chi connectivity index (χ1) is 11.1. The topological polar surface area (TPSA) is 89.4 Å². The average molecular weight is 331 g/mol. The SMILES string of the molecule is O=[N+]([O-])c1cccc(-c2noc(-c3ccccc3Cl)c2CO)c1. The van der Waals surface area contributed by atoms with E-state index in [1.54, 1.807) is 36.4 Å². The van der Waals surface area contributed by atoms with Gasteiger partial charge in [0.25, 0.3) is 5.69 Å². The minimum atomic E-state index is -0.489. The van der Waals surface area contributed by atoms with E-state index < -0.39 is 4.92 Å². The van der Waals surface area contributed by atoms with Crippen LogP contribution in [0.4, 0.5) is 5.69 Å². The lowest BCUT2D eigenvalue weighted by Gasteiger charge is -2.03. The van der Waals surface area contributed by atoms with Crippen molar-refractivity contribution in [3.63, 3.8) is 0 Å². The van der Waals surface area contributed by atoms with Gasteiger partial charge in [0.2, 0.25) is 0 Å². The molecule has 0 aliphatic rings. The maximum atomic E-state index is 10.9. The second-order valence-corrected chi connectivity index (χ2v) is 5.19. The molecule has 0 atom stereocenters. The lowest BCUT2D eigenvalue weighted by molar-refractivity contribution is -0.384. The lowest BCUT2D eigenvalue weighted by Crippen LogP contribution is -1.92. The fraction of sp³-hybridized carbons (Fsp3) is 0.0625. The van der Waals surface area contributed by atoms with Gasteiger partial charge < -0.3 is 9.63 Å². The molecule has 1 heterocycles. The largest absolute Gasteiger partial charge is 0.391 e. The van der Waals surface area contributed by atoms with Crippen LogP contribution in [0, 0.1) is 10.1 Å². The van der Waals surface area contributed by atoms with Crippen molar-refractivity contribution in [3.8, 4) is 22.6 Å². The highest BCUT2D eigenvalue weighted by molar-refractivity contribution is 6.33. The van der Waals surface area contributed by atoms with Gasteiger partial charge in [0.05, 0.1) is 22.1 Å². The number of rotatable bonds is 4. The molecule has 1 aromatic heterocycles. The van der Waals surface area contributed by atoms with Crippen LogP contribution in [0.1, 0.15) is 5.56 Å². The molecule has 0 spiro atoms. The van der Waals surface area contributed by atoms with Crippen molar-refractivity contribution in [3.05, 3.63) is 69.2 Å². The van der Waals surface area contributed by atoms with E-state index in [0.29, 0.717) is 33.2 Å². The fourth-order valence-corrected chi connectivity index (χ4v) is 2.53. The summed E-state index contributed by atoms with van der Waals surface area (Å²) in [5, 5.41) is 25.0. The molecule has 23 heavy (non-hydrogen) atoms. The van der Waals surface area contributed by atoms with Crippen molar-refractivity contribution < 1.29 is 14.6 Å². The van der Waals surface area contributed by atoms with Crippen molar-refractivity contribution in [2.75, 3.05) is 0 Å². The summed E-state index contributed by atoms with van der Waals surface area (Å²) in [6.07, 6.45) is 0. The molecular weight excluding hydrogens is 320 g/mol. The highest BCUT2D eigenvalue weighted by atomic mass is 35.5. The van der Waals surface area contributed by atoms with Gasteiger partial charge in [-0.05, 0) is 12.1 Å². The number of nitro benzene ring substituents is 1. The number of benzene rings is 2. The van der Waals surface area contributed by atoms with E-state index in [4.69, 9.17) is 16.1 Å². The zero-order chi connectivity index (χ0) is 16.4. The van der Waals surface area contributed by atoms with Crippen LogP contribution < -0.4 is 0 Å². The van der Waals surface area contributed by atoms with Crippen molar-refractivity contribution in [2.45, 2.75) is 6.61 Å². The van der Waals surface area contributed by atoms with Crippen LogP contribution in [0.3, 0.4) is 0 Å². The standard InChI is InChI=1S/C16H11ClN2O4/c17-14-7-2-1-6-12(14)16-13(9-20)15(18-23-16)10-4-3-5-11(8-10)19(21)22/h1-8,20H,9H2. The molecule has 7 heteroatoms. The Balaban J connectivity index is 2.14. The summed E-state index contributed by atoms with van der Waals surface area (Å²) in [5.41, 5.74) is 1.81. The maximum absolute atomic E-state index is 10.9. The Kier molecular flexibility index (Phi) is 4.10. The maximum Gasteiger partial charge on any atom is 0.270 e. The van der Waals surface area contributed by atoms with Crippen LogP contribution in [0.5, 0.6) is 0 Å². The van der Waals surface area contributed by atoms with Crippen molar-refractivity contribution in [1.29, 1.82) is 0 Å². The van der Waals surface area contributed by atoms with Gasteiger partial charge in [0.15, 0.2) is 5.76 Å². The van der Waals surface area contributed by atoms with Crippen LogP contribution in [0.25, 0.3) is 22.6 Å². The number of hydrogen-bond donors (Lipinski definition) is 1. The summed E-state index contributed by atoms with van der Waals surface area (Å²) in [5.74, 6) is 0.347. The summed E-state index contributed by atoms with van der Waals surface area (Å²) >= 11 is 6.15. The van der Waals surface area contributed by atoms with Gasteiger partial charge in [0.1, 0.15) is 5.69 Å². The van der Waals surface area contributed by atoms with Crippen molar-refractivity contribution >= 4 is 17.3 Å². The smallest absolute Gasteiger partial charge is 0.270 e. The molecule has 116 valence electrons. The first-order valence-corrected chi connectivity index (χ1v) is 7.08. The van der Waals surface area contributed by atoms with Crippen molar-refractivity contribution in [1.82, 2.24) is 5.16 Å².